The first-order valence-corrected chi connectivity index (χ1v) is 13.1. The average Bonchev–Trinajstić information content (AvgIpc) is 2.98. The van der Waals surface area contributed by atoms with Crippen LogP contribution in [0.15, 0.2) is 36.1 Å². The van der Waals surface area contributed by atoms with Crippen LogP contribution in [0.3, 0.4) is 0 Å². The summed E-state index contributed by atoms with van der Waals surface area (Å²) in [5.74, 6) is -1.70. The quantitative estimate of drug-likeness (QED) is 0.142. The Kier molecular flexibility index (Phi) is 8.87. The highest BCUT2D eigenvalue weighted by Crippen LogP contribution is 2.46. The number of aromatic hydroxyl groups is 3. The summed E-state index contributed by atoms with van der Waals surface area (Å²) < 4.78 is 28.6. The Morgan fingerprint density at radius 1 is 0.651 bits per heavy atom. The van der Waals surface area contributed by atoms with Gasteiger partial charge in [0, 0.05) is 17.7 Å². The molecule has 1 unspecified atom stereocenters. The molecule has 3 heterocycles. The number of rotatable bonds is 7. The summed E-state index contributed by atoms with van der Waals surface area (Å²) in [6.45, 7) is -1.45. The van der Waals surface area contributed by atoms with E-state index in [9.17, 15) is 56.2 Å². The van der Waals surface area contributed by atoms with Crippen LogP contribution in [-0.2, 0) is 14.2 Å². The molecule has 16 heteroatoms. The molecule has 0 spiro atoms. The van der Waals surface area contributed by atoms with Gasteiger partial charge < -0.3 is 79.9 Å². The summed E-state index contributed by atoms with van der Waals surface area (Å²) in [4.78, 5) is 0. The molecule has 2 aromatic rings. The summed E-state index contributed by atoms with van der Waals surface area (Å²) >= 11 is 0. The first kappa shape index (κ1) is 31.0. The molecule has 0 bridgehead atoms. The number of hydrogen-bond acceptors (Lipinski definition) is 16. The molecular formula is C27H32O16. The SMILES string of the molecule is OC[C@H]1O[C@@H](OC2=Cc3c(cc(O)cc3O[C@@H]3O[C@H](CO)[C@H](O)[C@H](O)[C@H]3O)OC2c2ccc(O)c(O)c2)[C@H](O)[C@@H](O)[C@H]1O. The largest absolute Gasteiger partial charge is 0.508 e. The third kappa shape index (κ3) is 5.89. The third-order valence-corrected chi connectivity index (χ3v) is 7.37. The maximum absolute atomic E-state index is 10.6. The molecule has 0 aliphatic carbocycles. The molecule has 0 amide bonds. The van der Waals surface area contributed by atoms with E-state index in [4.69, 9.17) is 23.7 Å². The van der Waals surface area contributed by atoms with Crippen LogP contribution in [0.1, 0.15) is 17.2 Å². The Morgan fingerprint density at radius 2 is 1.23 bits per heavy atom. The van der Waals surface area contributed by atoms with Gasteiger partial charge in [-0.1, -0.05) is 6.07 Å². The number of aliphatic hydroxyl groups excluding tert-OH is 8. The molecule has 16 nitrogen and oxygen atoms in total. The molecule has 2 saturated heterocycles. The molecule has 3 aliphatic heterocycles. The zero-order valence-corrected chi connectivity index (χ0v) is 22.2. The van der Waals surface area contributed by atoms with E-state index in [0.29, 0.717) is 0 Å². The topological polar surface area (TPSA) is 269 Å². The maximum atomic E-state index is 10.6. The van der Waals surface area contributed by atoms with E-state index in [1.54, 1.807) is 0 Å². The highest BCUT2D eigenvalue weighted by Gasteiger charge is 2.47. The van der Waals surface area contributed by atoms with E-state index >= 15 is 0 Å². The lowest BCUT2D eigenvalue weighted by Gasteiger charge is -2.41. The van der Waals surface area contributed by atoms with E-state index < -0.39 is 92.2 Å². The van der Waals surface area contributed by atoms with E-state index in [1.807, 2.05) is 0 Å². The van der Waals surface area contributed by atoms with Crippen molar-refractivity contribution in [3.63, 3.8) is 0 Å². The van der Waals surface area contributed by atoms with Gasteiger partial charge in [-0.2, -0.15) is 0 Å². The van der Waals surface area contributed by atoms with Gasteiger partial charge >= 0.3 is 0 Å². The number of benzene rings is 2. The minimum absolute atomic E-state index is 0.0293. The molecule has 5 rings (SSSR count). The molecule has 11 N–H and O–H groups in total. The molecule has 0 radical (unpaired) electrons. The molecule has 0 saturated carbocycles. The molecule has 43 heavy (non-hydrogen) atoms. The zero-order chi connectivity index (χ0) is 31.2. The Bertz CT molecular complexity index is 1330. The Balaban J connectivity index is 1.54. The Morgan fingerprint density at radius 3 is 1.79 bits per heavy atom. The van der Waals surface area contributed by atoms with Crippen LogP contribution in [0.25, 0.3) is 6.08 Å². The average molecular weight is 613 g/mol. The number of aliphatic hydroxyl groups is 8. The zero-order valence-electron chi connectivity index (χ0n) is 22.2. The Labute approximate surface area is 243 Å². The number of phenolic OH excluding ortho intramolecular Hbond substituents is 3. The van der Waals surface area contributed by atoms with Gasteiger partial charge in [-0.3, -0.25) is 0 Å². The van der Waals surface area contributed by atoms with Gasteiger partial charge in [-0.25, -0.2) is 0 Å². The second-order valence-corrected chi connectivity index (χ2v) is 10.3. The fraction of sp³-hybridized carbons (Fsp3) is 0.481. The van der Waals surface area contributed by atoms with Crippen LogP contribution in [0.2, 0.25) is 0 Å². The number of hydrogen-bond donors (Lipinski definition) is 11. The lowest BCUT2D eigenvalue weighted by Crippen LogP contribution is -2.60. The first-order valence-electron chi connectivity index (χ1n) is 13.1. The van der Waals surface area contributed by atoms with Crippen molar-refractivity contribution in [3.8, 4) is 28.7 Å². The standard InChI is InChI=1S/C27H32O16/c28-7-17-19(33)21(35)23(37)26(42-17)40-15-5-10(30)4-14-11(15)6-16(25(39-14)9-1-2-12(31)13(32)3-9)41-27-24(38)22(36)20(34)18(8-29)43-27/h1-6,17-38H,7-8H2/t17-,18-,19+,20+,21+,22+,23-,24-,25?,26-,27-/m1/s1. The molecule has 11 atom stereocenters. The van der Waals surface area contributed by atoms with Crippen molar-refractivity contribution < 1.29 is 79.9 Å². The van der Waals surface area contributed by atoms with Gasteiger partial charge in [0.25, 0.3) is 0 Å². The number of phenols is 3. The molecule has 3 aliphatic rings. The van der Waals surface area contributed by atoms with Crippen LogP contribution in [0.4, 0.5) is 0 Å². The van der Waals surface area contributed by atoms with Crippen molar-refractivity contribution in [3.05, 3.63) is 47.2 Å². The molecular weight excluding hydrogens is 580 g/mol. The van der Waals surface area contributed by atoms with Crippen molar-refractivity contribution >= 4 is 6.08 Å². The van der Waals surface area contributed by atoms with Gasteiger partial charge in [0.2, 0.25) is 12.6 Å². The van der Waals surface area contributed by atoms with Crippen LogP contribution in [0.5, 0.6) is 28.7 Å². The monoisotopic (exact) mass is 612 g/mol. The predicted molar refractivity (Wildman–Crippen MR) is 138 cm³/mol. The number of fused-ring (bicyclic) bond motifs is 1. The van der Waals surface area contributed by atoms with Crippen LogP contribution in [0, 0.1) is 0 Å². The van der Waals surface area contributed by atoms with Crippen molar-refractivity contribution in [2.24, 2.45) is 0 Å². The van der Waals surface area contributed by atoms with Crippen molar-refractivity contribution in [1.29, 1.82) is 0 Å². The molecule has 2 aromatic carbocycles. The lowest BCUT2D eigenvalue weighted by molar-refractivity contribution is -0.293. The third-order valence-electron chi connectivity index (χ3n) is 7.37. The summed E-state index contributed by atoms with van der Waals surface area (Å²) in [5, 5.41) is 111. The summed E-state index contributed by atoms with van der Waals surface area (Å²) in [6.07, 6.45) is -16.3. The van der Waals surface area contributed by atoms with E-state index in [-0.39, 0.29) is 34.1 Å². The molecule has 0 aromatic heterocycles. The van der Waals surface area contributed by atoms with Crippen LogP contribution >= 0.6 is 0 Å². The summed E-state index contributed by atoms with van der Waals surface area (Å²) in [6, 6.07) is 6.01. The fourth-order valence-corrected chi connectivity index (χ4v) is 4.95. The normalized spacial score (nSPS) is 35.8. The van der Waals surface area contributed by atoms with Gasteiger partial charge in [0.15, 0.2) is 17.6 Å². The molecule has 2 fully saturated rings. The van der Waals surface area contributed by atoms with Gasteiger partial charge in [-0.05, 0) is 18.2 Å². The first-order chi connectivity index (χ1) is 20.4. The van der Waals surface area contributed by atoms with Crippen LogP contribution in [-0.4, -0.2) is 131 Å². The number of ether oxygens (including phenoxy) is 5. The van der Waals surface area contributed by atoms with Crippen LogP contribution < -0.4 is 9.47 Å². The smallest absolute Gasteiger partial charge is 0.229 e. The summed E-state index contributed by atoms with van der Waals surface area (Å²) in [7, 11) is 0. The van der Waals surface area contributed by atoms with Gasteiger partial charge in [0.05, 0.1) is 18.8 Å². The van der Waals surface area contributed by atoms with Gasteiger partial charge in [-0.15, -0.1) is 0 Å². The maximum Gasteiger partial charge on any atom is 0.229 e. The van der Waals surface area contributed by atoms with Crippen molar-refractivity contribution in [2.75, 3.05) is 13.2 Å². The minimum Gasteiger partial charge on any atom is -0.508 e. The van der Waals surface area contributed by atoms with E-state index in [2.05, 4.69) is 0 Å². The minimum atomic E-state index is -1.81. The van der Waals surface area contributed by atoms with Crippen molar-refractivity contribution in [2.45, 2.75) is 67.5 Å². The Hall–Kier alpha value is -3.42. The highest BCUT2D eigenvalue weighted by atomic mass is 16.7. The fourth-order valence-electron chi connectivity index (χ4n) is 4.95. The summed E-state index contributed by atoms with van der Waals surface area (Å²) in [5.41, 5.74) is 0.269. The highest BCUT2D eigenvalue weighted by molar-refractivity contribution is 5.70. The predicted octanol–water partition coefficient (Wildman–Crippen LogP) is -2.73. The van der Waals surface area contributed by atoms with E-state index in [0.717, 1.165) is 12.1 Å². The van der Waals surface area contributed by atoms with Gasteiger partial charge in [0.1, 0.15) is 71.8 Å². The second kappa shape index (κ2) is 12.3. The molecule has 236 valence electrons. The van der Waals surface area contributed by atoms with E-state index in [1.165, 1.54) is 24.3 Å². The van der Waals surface area contributed by atoms with Crippen molar-refractivity contribution in [1.82, 2.24) is 0 Å². The second-order valence-electron chi connectivity index (χ2n) is 10.3. The lowest BCUT2D eigenvalue weighted by atomic mass is 9.98.